The van der Waals surface area contributed by atoms with E-state index in [-0.39, 0.29) is 30.1 Å². The van der Waals surface area contributed by atoms with E-state index in [0.717, 1.165) is 17.2 Å². The summed E-state index contributed by atoms with van der Waals surface area (Å²) in [6, 6.07) is 8.97. The first kappa shape index (κ1) is 42.8. The van der Waals surface area contributed by atoms with Crippen LogP contribution >= 0.6 is 19.7 Å². The van der Waals surface area contributed by atoms with E-state index in [0.29, 0.717) is 7.92 Å². The van der Waals surface area contributed by atoms with Crippen LogP contribution in [0.1, 0.15) is 141 Å². The van der Waals surface area contributed by atoms with Gasteiger partial charge in [0.05, 0.1) is 0 Å². The maximum absolute atomic E-state index is 5.15. The number of hydrogen-bond acceptors (Lipinski definition) is 3. The van der Waals surface area contributed by atoms with Crippen molar-refractivity contribution in [1.82, 2.24) is 0 Å². The number of hydrogen-bond donors (Lipinski definition) is 0. The number of nitrogens with zero attached hydrogens (tertiary/aromatic N) is 2. The molecule has 0 amide bonds. The molecular weight excluding hydrogens is 792 g/mol. The number of benzene rings is 2. The van der Waals surface area contributed by atoms with Gasteiger partial charge in [-0.1, -0.05) is 65.7 Å². The normalized spacial score (nSPS) is 21.4. The number of rotatable bonds is 6. The summed E-state index contributed by atoms with van der Waals surface area (Å²) in [7, 11) is 0.385. The third kappa shape index (κ3) is 10.3. The summed E-state index contributed by atoms with van der Waals surface area (Å²) in [4.78, 5) is 10.3. The average molecular weight is 851 g/mol. The monoisotopic (exact) mass is 850 g/mol. The van der Waals surface area contributed by atoms with Crippen molar-refractivity contribution in [3.05, 3.63) is 91.7 Å². The molecule has 7 heteroatoms. The van der Waals surface area contributed by atoms with Gasteiger partial charge in [0.15, 0.2) is 0 Å². The van der Waals surface area contributed by atoms with Crippen molar-refractivity contribution in [2.45, 2.75) is 160 Å². The van der Waals surface area contributed by atoms with E-state index >= 15 is 0 Å². The molecule has 2 aromatic carbocycles. The molecule has 5 aliphatic rings. The van der Waals surface area contributed by atoms with E-state index < -0.39 is 0 Å². The van der Waals surface area contributed by atoms with Crippen molar-refractivity contribution in [2.75, 3.05) is 0 Å². The van der Waals surface area contributed by atoms with Crippen molar-refractivity contribution in [3.63, 3.8) is 0 Å². The molecule has 0 spiro atoms. The minimum absolute atomic E-state index is 0. The van der Waals surface area contributed by atoms with Gasteiger partial charge >= 0.3 is 194 Å². The summed E-state index contributed by atoms with van der Waals surface area (Å²) in [5.74, 6) is 0.839. The van der Waals surface area contributed by atoms with Gasteiger partial charge in [-0.05, 0) is 55.5 Å². The average Bonchev–Trinajstić information content (AvgIpc) is 3.73. The van der Waals surface area contributed by atoms with E-state index in [1.54, 1.807) is 88.8 Å². The van der Waals surface area contributed by atoms with Gasteiger partial charge in [-0.2, -0.15) is 0 Å². The molecule has 0 N–H and O–H groups in total. The second kappa shape index (κ2) is 20.2. The Bertz CT molecular complexity index is 1480. The molecular formula is C44H59Cl2N2PRuS. The summed E-state index contributed by atoms with van der Waals surface area (Å²) >= 11 is 4.44. The summed E-state index contributed by atoms with van der Waals surface area (Å²) < 4.78 is 2.15. The van der Waals surface area contributed by atoms with Crippen molar-refractivity contribution >= 4 is 35.7 Å². The zero-order valence-corrected chi connectivity index (χ0v) is 36.8. The topological polar surface area (TPSA) is 24.7 Å². The molecule has 2 heterocycles. The summed E-state index contributed by atoms with van der Waals surface area (Å²) in [6.07, 6.45) is 25.8. The maximum atomic E-state index is 5.15. The third-order valence-electron chi connectivity index (χ3n) is 11.6. The molecule has 2 aromatic rings. The molecule has 2 nitrogen and oxygen atoms in total. The van der Waals surface area contributed by atoms with Crippen molar-refractivity contribution in [1.29, 1.82) is 0 Å². The molecule has 0 aromatic heterocycles. The fraction of sp³-hybridized carbons (Fsp3) is 0.568. The molecule has 1 atom stereocenters. The predicted molar refractivity (Wildman–Crippen MR) is 216 cm³/mol. The van der Waals surface area contributed by atoms with Gasteiger partial charge in [-0.15, -0.1) is 0 Å². The third-order valence-corrected chi connectivity index (χ3v) is 17.6. The van der Waals surface area contributed by atoms with Crippen LogP contribution in [0.5, 0.6) is 0 Å². The zero-order valence-electron chi connectivity index (χ0n) is 31.8. The van der Waals surface area contributed by atoms with Crippen molar-refractivity contribution in [2.24, 2.45) is 9.98 Å². The Hall–Kier alpha value is -0.887. The first-order chi connectivity index (χ1) is 23.7. The van der Waals surface area contributed by atoms with Gasteiger partial charge < -0.3 is 24.8 Å². The standard InChI is InChI=1S/C26H26N2S.C18H33P.2ClH.Ru/c1-14-10-16(3)22(17(4)11-14)24-25(23-18(5)12-15(2)13-19(23)6)28-26(27-24)21-8-9-29-20(21)7;1-4-10-16(11-5-1)19(17-12-6-2-7-13-17)18-14-8-3-9-15-18;;;/h7-13,20H,1-6H3;16-18H,1-15H2;2*1H;/q;;;;+2/p-2. The van der Waals surface area contributed by atoms with Crippen LogP contribution in [-0.4, -0.2) is 38.3 Å². The second-order valence-corrected chi connectivity index (χ2v) is 20.3. The Morgan fingerprint density at radius 1 is 0.588 bits per heavy atom. The first-order valence-electron chi connectivity index (χ1n) is 19.3. The van der Waals surface area contributed by atoms with Crippen molar-refractivity contribution < 1.29 is 42.7 Å². The van der Waals surface area contributed by atoms with Crippen LogP contribution in [0.2, 0.25) is 0 Å². The van der Waals surface area contributed by atoms with Crippen LogP contribution < -0.4 is 24.8 Å². The molecule has 51 heavy (non-hydrogen) atoms. The number of thioether (sulfide) groups is 1. The van der Waals surface area contributed by atoms with Crippen LogP contribution in [0.25, 0.3) is 0 Å². The fourth-order valence-corrected chi connectivity index (χ4v) is 15.8. The second-order valence-electron chi connectivity index (χ2n) is 15.5. The number of allylic oxidation sites excluding steroid dienone is 1. The Balaban J connectivity index is 0.000000241. The van der Waals surface area contributed by atoms with Gasteiger partial charge in [-0.25, -0.2) is 0 Å². The van der Waals surface area contributed by atoms with Gasteiger partial charge in [0.25, 0.3) is 0 Å². The molecule has 1 unspecified atom stereocenters. The smallest absolute Gasteiger partial charge is 1.00 e. The molecule has 3 aliphatic carbocycles. The molecule has 0 radical (unpaired) electrons. The quantitative estimate of drug-likeness (QED) is 0.241. The molecule has 3 fully saturated rings. The number of aryl methyl sites for hydroxylation is 6. The zero-order chi connectivity index (χ0) is 34.5. The van der Waals surface area contributed by atoms with Crippen LogP contribution in [0.4, 0.5) is 0 Å². The first-order valence-corrected chi connectivity index (χ1v) is 22.8. The van der Waals surface area contributed by atoms with Crippen LogP contribution in [0, 0.1) is 41.5 Å². The van der Waals surface area contributed by atoms with Gasteiger partial charge in [0.1, 0.15) is 0 Å². The molecule has 3 saturated carbocycles. The molecule has 0 bridgehead atoms. The minimum atomic E-state index is 0. The van der Waals surface area contributed by atoms with E-state index in [1.807, 2.05) is 0 Å². The van der Waals surface area contributed by atoms with E-state index in [1.165, 1.54) is 86.3 Å². The Morgan fingerprint density at radius 3 is 1.27 bits per heavy atom. The van der Waals surface area contributed by atoms with Crippen molar-refractivity contribution in [3.8, 4) is 0 Å². The van der Waals surface area contributed by atoms with E-state index in [9.17, 15) is 0 Å². The van der Waals surface area contributed by atoms with Crippen LogP contribution in [0.3, 0.4) is 0 Å². The van der Waals surface area contributed by atoms with Crippen LogP contribution in [0.15, 0.2) is 57.1 Å². The predicted octanol–water partition coefficient (Wildman–Crippen LogP) is 6.49. The molecule has 0 saturated heterocycles. The molecule has 278 valence electrons. The summed E-state index contributed by atoms with van der Waals surface area (Å²) in [5.41, 5.74) is 16.7. The fourth-order valence-electron chi connectivity index (χ4n) is 9.62. The number of aliphatic imine (C=N–C) groups is 2. The Morgan fingerprint density at radius 2 is 0.941 bits per heavy atom. The SMILES string of the molecule is C1CCC(P(C2CCCCC2)C2CCCCC2)CC1.Cc1cc(C)c(C2=NC(=C3C=CSC3[CH]=[Ru+2])N=C2c2c(C)cc(C)cc2C)c(C)c1.[Cl-].[Cl-]. The molecule has 7 rings (SSSR count). The van der Waals surface area contributed by atoms with Gasteiger partial charge in [0.2, 0.25) is 0 Å². The maximum Gasteiger partial charge on any atom is -1.00 e. The molecule has 2 aliphatic heterocycles. The summed E-state index contributed by atoms with van der Waals surface area (Å²) in [5, 5.41) is 2.42. The van der Waals surface area contributed by atoms with Gasteiger partial charge in [0, 0.05) is 0 Å². The van der Waals surface area contributed by atoms with E-state index in [2.05, 4.69) is 99.8 Å². The summed E-state index contributed by atoms with van der Waals surface area (Å²) in [6.45, 7) is 13.0. The van der Waals surface area contributed by atoms with Crippen LogP contribution in [-0.2, 0) is 17.9 Å². The van der Waals surface area contributed by atoms with E-state index in [4.69, 9.17) is 9.98 Å². The number of halogens is 2. The van der Waals surface area contributed by atoms with Gasteiger partial charge in [-0.3, -0.25) is 0 Å². The Labute approximate surface area is 337 Å². The largest absolute Gasteiger partial charge is 1.00 e. The minimum Gasteiger partial charge on any atom is -1.00 e. The Kier molecular flexibility index (Phi) is 16.9.